The first-order chi connectivity index (χ1) is 9.79. The first kappa shape index (κ1) is 12.6. The van der Waals surface area contributed by atoms with E-state index < -0.39 is 0 Å². The number of carbonyl (C=O) groups excluding carboxylic acids is 1. The van der Waals surface area contributed by atoms with E-state index in [4.69, 9.17) is 4.74 Å². The second kappa shape index (κ2) is 5.30. The third-order valence-corrected chi connectivity index (χ3v) is 3.96. The van der Waals surface area contributed by atoms with Gasteiger partial charge in [0.2, 0.25) is 0 Å². The Balaban J connectivity index is 1.99. The number of para-hydroxylation sites is 1. The molecule has 4 nitrogen and oxygen atoms in total. The first-order valence-electron chi connectivity index (χ1n) is 6.07. The lowest BCUT2D eigenvalue weighted by atomic mass is 10.2. The number of ether oxygens (including phenoxy) is 1. The molecule has 0 aliphatic rings. The Morgan fingerprint density at radius 2 is 2.00 bits per heavy atom. The van der Waals surface area contributed by atoms with Crippen molar-refractivity contribution in [2.45, 2.75) is 0 Å². The Morgan fingerprint density at radius 1 is 1.20 bits per heavy atom. The van der Waals surface area contributed by atoms with Gasteiger partial charge in [-0.05, 0) is 24.3 Å². The highest BCUT2D eigenvalue weighted by atomic mass is 32.1. The standard InChI is InChI=1S/C15H12N2O2S/c1-19-12-11-8-5-9-16-15(11)20-13(12)14(18)17-10-6-3-2-4-7-10/h2-9H,1H3,(H,17,18). The second-order valence-corrected chi connectivity index (χ2v) is 5.14. The van der Waals surface area contributed by atoms with Crippen molar-refractivity contribution in [2.24, 2.45) is 0 Å². The number of nitrogens with zero attached hydrogens (tertiary/aromatic N) is 1. The molecule has 0 bridgehead atoms. The quantitative estimate of drug-likeness (QED) is 0.800. The van der Waals surface area contributed by atoms with Crippen molar-refractivity contribution in [2.75, 3.05) is 12.4 Å². The summed E-state index contributed by atoms with van der Waals surface area (Å²) in [6, 6.07) is 13.1. The van der Waals surface area contributed by atoms with Gasteiger partial charge in [0.15, 0.2) is 5.75 Å². The van der Waals surface area contributed by atoms with Crippen molar-refractivity contribution in [3.8, 4) is 5.75 Å². The number of amides is 1. The number of nitrogens with one attached hydrogen (secondary N) is 1. The molecule has 0 atom stereocenters. The van der Waals surface area contributed by atoms with Crippen LogP contribution < -0.4 is 10.1 Å². The lowest BCUT2D eigenvalue weighted by Gasteiger charge is -2.05. The number of carbonyl (C=O) groups is 1. The maximum atomic E-state index is 12.4. The van der Waals surface area contributed by atoms with E-state index in [2.05, 4.69) is 10.3 Å². The number of methoxy groups -OCH3 is 1. The lowest BCUT2D eigenvalue weighted by molar-refractivity contribution is 0.102. The van der Waals surface area contributed by atoms with Crippen molar-refractivity contribution < 1.29 is 9.53 Å². The van der Waals surface area contributed by atoms with Crippen LogP contribution in [0.1, 0.15) is 9.67 Å². The molecule has 0 aliphatic heterocycles. The summed E-state index contributed by atoms with van der Waals surface area (Å²) in [4.78, 5) is 17.9. The molecule has 1 N–H and O–H groups in total. The second-order valence-electron chi connectivity index (χ2n) is 4.14. The van der Waals surface area contributed by atoms with Gasteiger partial charge in [0.25, 0.3) is 5.91 Å². The van der Waals surface area contributed by atoms with Crippen LogP contribution in [0, 0.1) is 0 Å². The Hall–Kier alpha value is -2.40. The monoisotopic (exact) mass is 284 g/mol. The number of benzene rings is 1. The summed E-state index contributed by atoms with van der Waals surface area (Å²) in [5.74, 6) is 0.391. The number of thiophene rings is 1. The van der Waals surface area contributed by atoms with Crippen LogP contribution in [0.15, 0.2) is 48.7 Å². The minimum absolute atomic E-state index is 0.184. The predicted octanol–water partition coefficient (Wildman–Crippen LogP) is 3.56. The third-order valence-electron chi connectivity index (χ3n) is 2.86. The van der Waals surface area contributed by atoms with E-state index in [1.165, 1.54) is 11.3 Å². The molecule has 0 spiro atoms. The van der Waals surface area contributed by atoms with Gasteiger partial charge in [-0.15, -0.1) is 11.3 Å². The summed E-state index contributed by atoms with van der Waals surface area (Å²) in [7, 11) is 1.56. The number of anilines is 1. The molecule has 0 aliphatic carbocycles. The van der Waals surface area contributed by atoms with E-state index in [0.29, 0.717) is 10.6 Å². The van der Waals surface area contributed by atoms with E-state index >= 15 is 0 Å². The van der Waals surface area contributed by atoms with Gasteiger partial charge in [0.1, 0.15) is 9.71 Å². The molecule has 3 rings (SSSR count). The van der Waals surface area contributed by atoms with E-state index in [0.717, 1.165) is 15.9 Å². The van der Waals surface area contributed by atoms with Crippen LogP contribution in [0.3, 0.4) is 0 Å². The van der Waals surface area contributed by atoms with Crippen LogP contribution in [0.25, 0.3) is 10.2 Å². The number of pyridine rings is 1. The molecule has 100 valence electrons. The summed E-state index contributed by atoms with van der Waals surface area (Å²) in [5.41, 5.74) is 0.755. The van der Waals surface area contributed by atoms with Crippen molar-refractivity contribution in [1.82, 2.24) is 4.98 Å². The average Bonchev–Trinajstić information content (AvgIpc) is 2.87. The highest BCUT2D eigenvalue weighted by molar-refractivity contribution is 7.21. The molecule has 3 aromatic rings. The summed E-state index contributed by atoms with van der Waals surface area (Å²) in [6.45, 7) is 0. The SMILES string of the molecule is COc1c(C(=O)Nc2ccccc2)sc2ncccc12. The normalized spacial score (nSPS) is 10.4. The van der Waals surface area contributed by atoms with Crippen molar-refractivity contribution in [1.29, 1.82) is 0 Å². The predicted molar refractivity (Wildman–Crippen MR) is 80.6 cm³/mol. The molecule has 0 saturated heterocycles. The molecule has 5 heteroatoms. The Bertz CT molecular complexity index is 753. The van der Waals surface area contributed by atoms with Crippen LogP contribution in [0.5, 0.6) is 5.75 Å². The van der Waals surface area contributed by atoms with Crippen molar-refractivity contribution in [3.05, 3.63) is 53.5 Å². The molecule has 2 heterocycles. The minimum Gasteiger partial charge on any atom is -0.494 e. The van der Waals surface area contributed by atoms with Gasteiger partial charge in [0, 0.05) is 11.9 Å². The van der Waals surface area contributed by atoms with Crippen LogP contribution in [0.4, 0.5) is 5.69 Å². The van der Waals surface area contributed by atoms with Crippen LogP contribution >= 0.6 is 11.3 Å². The van der Waals surface area contributed by atoms with Crippen LogP contribution in [-0.2, 0) is 0 Å². The van der Waals surface area contributed by atoms with Crippen molar-refractivity contribution in [3.63, 3.8) is 0 Å². The molecule has 1 amide bonds. The van der Waals surface area contributed by atoms with Gasteiger partial charge in [-0.1, -0.05) is 18.2 Å². The zero-order chi connectivity index (χ0) is 13.9. The van der Waals surface area contributed by atoms with E-state index in [1.807, 2.05) is 42.5 Å². The Kier molecular flexibility index (Phi) is 3.35. The number of hydrogen-bond acceptors (Lipinski definition) is 4. The third kappa shape index (κ3) is 2.23. The molecule has 0 radical (unpaired) electrons. The van der Waals surface area contributed by atoms with Crippen LogP contribution in [0.2, 0.25) is 0 Å². The largest absolute Gasteiger partial charge is 0.494 e. The molecular weight excluding hydrogens is 272 g/mol. The van der Waals surface area contributed by atoms with Crippen molar-refractivity contribution >= 4 is 33.1 Å². The number of hydrogen-bond donors (Lipinski definition) is 1. The van der Waals surface area contributed by atoms with Gasteiger partial charge in [-0.25, -0.2) is 4.98 Å². The van der Waals surface area contributed by atoms with Gasteiger partial charge in [-0.2, -0.15) is 0 Å². The topological polar surface area (TPSA) is 51.2 Å². The minimum atomic E-state index is -0.184. The molecule has 0 unspecified atom stereocenters. The van der Waals surface area contributed by atoms with E-state index in [9.17, 15) is 4.79 Å². The Morgan fingerprint density at radius 3 is 2.75 bits per heavy atom. The number of fused-ring (bicyclic) bond motifs is 1. The van der Waals surface area contributed by atoms with Gasteiger partial charge >= 0.3 is 0 Å². The fourth-order valence-electron chi connectivity index (χ4n) is 1.97. The van der Waals surface area contributed by atoms with Gasteiger partial charge in [0.05, 0.1) is 12.5 Å². The molecular formula is C15H12N2O2S. The molecule has 0 saturated carbocycles. The first-order valence-corrected chi connectivity index (χ1v) is 6.89. The zero-order valence-electron chi connectivity index (χ0n) is 10.8. The zero-order valence-corrected chi connectivity index (χ0v) is 11.6. The average molecular weight is 284 g/mol. The highest BCUT2D eigenvalue weighted by Gasteiger charge is 2.19. The molecule has 1 aromatic carbocycles. The number of rotatable bonds is 3. The molecule has 2 aromatic heterocycles. The lowest BCUT2D eigenvalue weighted by Crippen LogP contribution is -2.11. The molecule has 0 fully saturated rings. The van der Waals surface area contributed by atoms with E-state index in [1.54, 1.807) is 13.3 Å². The van der Waals surface area contributed by atoms with Gasteiger partial charge in [-0.3, -0.25) is 4.79 Å². The smallest absolute Gasteiger partial charge is 0.269 e. The summed E-state index contributed by atoms with van der Waals surface area (Å²) in [5, 5.41) is 3.72. The highest BCUT2D eigenvalue weighted by Crippen LogP contribution is 2.36. The Labute approximate surface area is 120 Å². The maximum Gasteiger partial charge on any atom is 0.269 e. The summed E-state index contributed by atoms with van der Waals surface area (Å²) in [6.07, 6.45) is 1.71. The summed E-state index contributed by atoms with van der Waals surface area (Å²) >= 11 is 1.33. The fourth-order valence-corrected chi connectivity index (χ4v) is 2.98. The van der Waals surface area contributed by atoms with Crippen LogP contribution in [-0.4, -0.2) is 18.0 Å². The molecule has 20 heavy (non-hydrogen) atoms. The van der Waals surface area contributed by atoms with Gasteiger partial charge < -0.3 is 10.1 Å². The van der Waals surface area contributed by atoms with E-state index in [-0.39, 0.29) is 5.91 Å². The number of aromatic nitrogens is 1. The fraction of sp³-hybridized carbons (Fsp3) is 0.0667. The maximum absolute atomic E-state index is 12.4. The summed E-state index contributed by atoms with van der Waals surface area (Å²) < 4.78 is 5.37.